The molecule has 0 aliphatic rings. The molecule has 1 aromatic heterocycles. The molecule has 0 saturated heterocycles. The number of hydrogen-bond acceptors (Lipinski definition) is 6. The number of nitrogens with zero attached hydrogens (tertiary/aromatic N) is 3. The van der Waals surface area contributed by atoms with E-state index in [1.54, 1.807) is 49.5 Å². The van der Waals surface area contributed by atoms with Crippen LogP contribution in [0.3, 0.4) is 0 Å². The maximum Gasteiger partial charge on any atom is 0.281 e. The number of nitro benzene ring substituents is 1. The average Bonchev–Trinajstić information content (AvgIpc) is 3.27. The van der Waals surface area contributed by atoms with Gasteiger partial charge in [-0.3, -0.25) is 19.7 Å². The summed E-state index contributed by atoms with van der Waals surface area (Å²) in [6.07, 6.45) is 0. The first kappa shape index (κ1) is 23.0. The molecular weight excluding hydrogens is 459 g/mol. The topological polar surface area (TPSA) is 105 Å². The lowest BCUT2D eigenvalue weighted by Crippen LogP contribution is -2.41. The van der Waals surface area contributed by atoms with Gasteiger partial charge in [0.15, 0.2) is 5.01 Å². The number of amides is 2. The van der Waals surface area contributed by atoms with E-state index in [0.717, 1.165) is 16.9 Å². The van der Waals surface area contributed by atoms with E-state index < -0.39 is 16.9 Å². The molecule has 0 spiro atoms. The summed E-state index contributed by atoms with van der Waals surface area (Å²) >= 11 is 1.01. The van der Waals surface area contributed by atoms with E-state index in [2.05, 4.69) is 10.3 Å². The number of hydrogen-bond donors (Lipinski definition) is 1. The highest BCUT2D eigenvalue weighted by molar-refractivity contribution is 7.20. The zero-order valence-electron chi connectivity index (χ0n) is 18.0. The molecule has 1 heterocycles. The van der Waals surface area contributed by atoms with Crippen LogP contribution in [0, 0.1) is 15.9 Å². The SMILES string of the molecule is CN(Cc1ccc(F)cc1)C(=O)[C@@H](NC(=O)c1nc2ccc([N+](=O)[O-])cc2s1)c1ccccc1. The minimum atomic E-state index is -0.986. The summed E-state index contributed by atoms with van der Waals surface area (Å²) in [6, 6.07) is 17.8. The van der Waals surface area contributed by atoms with E-state index in [1.165, 1.54) is 35.2 Å². The second kappa shape index (κ2) is 9.75. The fraction of sp³-hybridized carbons (Fsp3) is 0.125. The molecule has 3 aromatic carbocycles. The van der Waals surface area contributed by atoms with Crippen LogP contribution in [-0.4, -0.2) is 33.7 Å². The number of carbonyl (C=O) groups excluding carboxylic acids is 2. The van der Waals surface area contributed by atoms with Crippen LogP contribution in [0.1, 0.15) is 27.0 Å². The number of halogens is 1. The molecule has 2 amide bonds. The number of carbonyl (C=O) groups is 2. The molecule has 0 bridgehead atoms. The van der Waals surface area contributed by atoms with Crippen molar-refractivity contribution in [3.63, 3.8) is 0 Å². The maximum atomic E-state index is 13.3. The average molecular weight is 479 g/mol. The van der Waals surface area contributed by atoms with Crippen LogP contribution in [0.4, 0.5) is 10.1 Å². The maximum absolute atomic E-state index is 13.3. The predicted molar refractivity (Wildman–Crippen MR) is 126 cm³/mol. The molecule has 0 aliphatic carbocycles. The number of nitro groups is 1. The van der Waals surface area contributed by atoms with Crippen LogP contribution in [-0.2, 0) is 11.3 Å². The number of benzene rings is 3. The molecule has 172 valence electrons. The molecule has 0 unspecified atom stereocenters. The third kappa shape index (κ3) is 5.07. The van der Waals surface area contributed by atoms with Crippen molar-refractivity contribution in [3.8, 4) is 0 Å². The van der Waals surface area contributed by atoms with Crippen molar-refractivity contribution in [1.29, 1.82) is 0 Å². The number of aromatic nitrogens is 1. The van der Waals surface area contributed by atoms with Gasteiger partial charge in [0.2, 0.25) is 5.91 Å². The molecule has 0 fully saturated rings. The van der Waals surface area contributed by atoms with Crippen molar-refractivity contribution in [1.82, 2.24) is 15.2 Å². The van der Waals surface area contributed by atoms with Gasteiger partial charge >= 0.3 is 0 Å². The second-order valence-electron chi connectivity index (χ2n) is 7.57. The Hall–Kier alpha value is -4.18. The molecule has 0 aliphatic heterocycles. The van der Waals surface area contributed by atoms with Crippen molar-refractivity contribution in [2.45, 2.75) is 12.6 Å². The first-order valence-corrected chi connectivity index (χ1v) is 11.0. The Balaban J connectivity index is 1.58. The Kier molecular flexibility index (Phi) is 6.60. The Labute approximate surface area is 197 Å². The van der Waals surface area contributed by atoms with Crippen LogP contribution in [0.25, 0.3) is 10.2 Å². The van der Waals surface area contributed by atoms with Crippen molar-refractivity contribution in [2.24, 2.45) is 0 Å². The number of non-ortho nitro benzene ring substituents is 1. The van der Waals surface area contributed by atoms with Gasteiger partial charge in [-0.2, -0.15) is 0 Å². The molecule has 8 nitrogen and oxygen atoms in total. The zero-order chi connectivity index (χ0) is 24.2. The van der Waals surface area contributed by atoms with Crippen LogP contribution in [0.2, 0.25) is 0 Å². The first-order valence-electron chi connectivity index (χ1n) is 10.2. The summed E-state index contributed by atoms with van der Waals surface area (Å²) in [6.45, 7) is 0.225. The van der Waals surface area contributed by atoms with Crippen molar-refractivity contribution in [3.05, 3.63) is 105 Å². The summed E-state index contributed by atoms with van der Waals surface area (Å²) in [7, 11) is 1.60. The highest BCUT2D eigenvalue weighted by atomic mass is 32.1. The first-order chi connectivity index (χ1) is 16.3. The molecule has 0 saturated carbocycles. The number of fused-ring (bicyclic) bond motifs is 1. The molecule has 1 atom stereocenters. The lowest BCUT2D eigenvalue weighted by molar-refractivity contribution is -0.384. The number of thiazole rings is 1. The van der Waals surface area contributed by atoms with E-state index >= 15 is 0 Å². The van der Waals surface area contributed by atoms with E-state index in [4.69, 9.17) is 0 Å². The van der Waals surface area contributed by atoms with Gasteiger partial charge in [0.1, 0.15) is 11.9 Å². The van der Waals surface area contributed by atoms with Gasteiger partial charge in [0, 0.05) is 25.7 Å². The minimum absolute atomic E-state index is 0.0883. The molecular formula is C24H19FN4O4S. The van der Waals surface area contributed by atoms with Crippen LogP contribution < -0.4 is 5.32 Å². The van der Waals surface area contributed by atoms with Gasteiger partial charge in [-0.15, -0.1) is 11.3 Å². The van der Waals surface area contributed by atoms with Gasteiger partial charge < -0.3 is 10.2 Å². The third-order valence-corrected chi connectivity index (χ3v) is 6.16. The summed E-state index contributed by atoms with van der Waals surface area (Å²) < 4.78 is 13.7. The third-order valence-electron chi connectivity index (χ3n) is 5.14. The highest BCUT2D eigenvalue weighted by Gasteiger charge is 2.27. The zero-order valence-corrected chi connectivity index (χ0v) is 18.8. The van der Waals surface area contributed by atoms with Gasteiger partial charge in [0.25, 0.3) is 11.6 Å². The molecule has 34 heavy (non-hydrogen) atoms. The minimum Gasteiger partial charge on any atom is -0.339 e. The number of likely N-dealkylation sites (N-methyl/N-ethyl adjacent to an activating group) is 1. The fourth-order valence-corrected chi connectivity index (χ4v) is 4.31. The van der Waals surface area contributed by atoms with Crippen molar-refractivity contribution < 1.29 is 18.9 Å². The van der Waals surface area contributed by atoms with Crippen LogP contribution >= 0.6 is 11.3 Å². The summed E-state index contributed by atoms with van der Waals surface area (Å²) in [5.74, 6) is -1.30. The number of rotatable bonds is 7. The summed E-state index contributed by atoms with van der Waals surface area (Å²) in [5, 5.41) is 13.9. The Bertz CT molecular complexity index is 1360. The van der Waals surface area contributed by atoms with E-state index in [-0.39, 0.29) is 29.0 Å². The standard InChI is InChI=1S/C24H19FN4O4S/c1-28(14-15-7-9-17(25)10-8-15)24(31)21(16-5-3-2-4-6-16)27-22(30)23-26-19-12-11-18(29(32)33)13-20(19)34-23/h2-13,21H,14H2,1H3,(H,27,30)/t21-/m0/s1. The molecule has 4 aromatic rings. The van der Waals surface area contributed by atoms with Crippen molar-refractivity contribution >= 4 is 39.1 Å². The van der Waals surface area contributed by atoms with Crippen molar-refractivity contribution in [2.75, 3.05) is 7.05 Å². The van der Waals surface area contributed by atoms with Crippen LogP contribution in [0.15, 0.2) is 72.8 Å². The molecule has 1 N–H and O–H groups in total. The molecule has 0 radical (unpaired) electrons. The van der Waals surface area contributed by atoms with E-state index in [9.17, 15) is 24.1 Å². The fourth-order valence-electron chi connectivity index (χ4n) is 3.41. The Morgan fingerprint density at radius 1 is 1.12 bits per heavy atom. The Morgan fingerprint density at radius 3 is 2.50 bits per heavy atom. The number of nitrogens with one attached hydrogen (secondary N) is 1. The predicted octanol–water partition coefficient (Wildman–Crippen LogP) is 4.47. The second-order valence-corrected chi connectivity index (χ2v) is 8.60. The molecule has 10 heteroatoms. The van der Waals surface area contributed by atoms with Gasteiger partial charge in [-0.25, -0.2) is 9.37 Å². The lowest BCUT2D eigenvalue weighted by Gasteiger charge is -2.25. The van der Waals surface area contributed by atoms with Gasteiger partial charge in [-0.1, -0.05) is 42.5 Å². The normalized spacial score (nSPS) is 11.7. The largest absolute Gasteiger partial charge is 0.339 e. The monoisotopic (exact) mass is 478 g/mol. The highest BCUT2D eigenvalue weighted by Crippen LogP contribution is 2.27. The van der Waals surface area contributed by atoms with Gasteiger partial charge in [0.05, 0.1) is 15.1 Å². The smallest absolute Gasteiger partial charge is 0.281 e. The Morgan fingerprint density at radius 2 is 1.82 bits per heavy atom. The summed E-state index contributed by atoms with van der Waals surface area (Å²) in [4.78, 5) is 42.6. The van der Waals surface area contributed by atoms with E-state index in [0.29, 0.717) is 15.8 Å². The van der Waals surface area contributed by atoms with Gasteiger partial charge in [-0.05, 0) is 29.3 Å². The summed E-state index contributed by atoms with van der Waals surface area (Å²) in [5.41, 5.74) is 1.69. The van der Waals surface area contributed by atoms with E-state index in [1.807, 2.05) is 0 Å². The lowest BCUT2D eigenvalue weighted by atomic mass is 10.1. The van der Waals surface area contributed by atoms with Crippen LogP contribution in [0.5, 0.6) is 0 Å². The molecule has 4 rings (SSSR count). The quantitative estimate of drug-likeness (QED) is 0.312.